The molecule has 0 radical (unpaired) electrons. The zero-order valence-electron chi connectivity index (χ0n) is 11.2. The lowest BCUT2D eigenvalue weighted by Gasteiger charge is -2.20. The number of urea groups is 1. The molecule has 0 rings (SSSR count). The summed E-state index contributed by atoms with van der Waals surface area (Å²) in [6, 6.07) is -0.248. The average molecular weight is 244 g/mol. The van der Waals surface area contributed by atoms with Gasteiger partial charge >= 0.3 is 12.0 Å². The number of rotatable bonds is 7. The minimum absolute atomic E-state index is 0.0810. The number of hydrogen-bond donors (Lipinski definition) is 2. The molecule has 0 aromatic heterocycles. The number of carboxylic acids is 1. The maximum absolute atomic E-state index is 11.5. The lowest BCUT2D eigenvalue weighted by atomic mass is 10.0. The molecule has 2 N–H and O–H groups in total. The van der Waals surface area contributed by atoms with E-state index in [-0.39, 0.29) is 18.6 Å². The van der Waals surface area contributed by atoms with Crippen molar-refractivity contribution in [1.29, 1.82) is 0 Å². The summed E-state index contributed by atoms with van der Waals surface area (Å²) in [6.45, 7) is 6.01. The van der Waals surface area contributed by atoms with E-state index in [9.17, 15) is 9.59 Å². The Kier molecular flexibility index (Phi) is 7.34. The molecule has 5 nitrogen and oxygen atoms in total. The van der Waals surface area contributed by atoms with E-state index in [1.54, 1.807) is 0 Å². The Morgan fingerprint density at radius 3 is 2.29 bits per heavy atom. The number of likely N-dealkylation sites (N-methyl/N-ethyl adjacent to an activating group) is 1. The zero-order valence-corrected chi connectivity index (χ0v) is 11.2. The van der Waals surface area contributed by atoms with Gasteiger partial charge in [-0.2, -0.15) is 0 Å². The Morgan fingerprint density at radius 1 is 1.24 bits per heavy atom. The third-order valence-corrected chi connectivity index (χ3v) is 2.51. The fraction of sp³-hybridized carbons (Fsp3) is 0.833. The lowest BCUT2D eigenvalue weighted by Crippen LogP contribution is -2.43. The van der Waals surface area contributed by atoms with Crippen LogP contribution in [0.25, 0.3) is 0 Å². The molecule has 0 aromatic carbocycles. The molecule has 0 saturated heterocycles. The van der Waals surface area contributed by atoms with Crippen LogP contribution in [0, 0.1) is 5.92 Å². The highest BCUT2D eigenvalue weighted by atomic mass is 16.4. The van der Waals surface area contributed by atoms with E-state index in [2.05, 4.69) is 19.2 Å². The van der Waals surface area contributed by atoms with Gasteiger partial charge in [0.2, 0.25) is 0 Å². The number of nitrogens with zero attached hydrogens (tertiary/aromatic N) is 1. The van der Waals surface area contributed by atoms with Crippen molar-refractivity contribution in [1.82, 2.24) is 10.2 Å². The van der Waals surface area contributed by atoms with Gasteiger partial charge in [-0.25, -0.2) is 4.79 Å². The fourth-order valence-corrected chi connectivity index (χ4v) is 1.50. The van der Waals surface area contributed by atoms with E-state index in [1.807, 2.05) is 6.92 Å². The second kappa shape index (κ2) is 7.92. The van der Waals surface area contributed by atoms with Crippen molar-refractivity contribution >= 4 is 12.0 Å². The van der Waals surface area contributed by atoms with Crippen LogP contribution < -0.4 is 5.32 Å². The van der Waals surface area contributed by atoms with Crippen LogP contribution in [0.15, 0.2) is 0 Å². The van der Waals surface area contributed by atoms with Crippen LogP contribution in [0.3, 0.4) is 0 Å². The number of hydrogen-bond acceptors (Lipinski definition) is 2. The molecule has 0 heterocycles. The summed E-state index contributed by atoms with van der Waals surface area (Å²) in [5.41, 5.74) is 0. The van der Waals surface area contributed by atoms with E-state index in [0.717, 1.165) is 19.3 Å². The highest BCUT2D eigenvalue weighted by Crippen LogP contribution is 2.08. The second-order valence-corrected chi connectivity index (χ2v) is 4.93. The van der Waals surface area contributed by atoms with Gasteiger partial charge in [-0.1, -0.05) is 26.7 Å². The molecule has 100 valence electrons. The molecule has 0 saturated carbocycles. The van der Waals surface area contributed by atoms with E-state index >= 15 is 0 Å². The van der Waals surface area contributed by atoms with Crippen molar-refractivity contribution < 1.29 is 14.7 Å². The molecule has 0 aliphatic rings. The Labute approximate surface area is 103 Å². The number of carboxylic acid groups (broad SMARTS) is 1. The van der Waals surface area contributed by atoms with Gasteiger partial charge in [0.1, 0.15) is 6.54 Å². The molecular weight excluding hydrogens is 220 g/mol. The summed E-state index contributed by atoms with van der Waals surface area (Å²) < 4.78 is 0. The predicted molar refractivity (Wildman–Crippen MR) is 66.9 cm³/mol. The van der Waals surface area contributed by atoms with Gasteiger partial charge < -0.3 is 15.3 Å². The van der Waals surface area contributed by atoms with Crippen LogP contribution in [0.2, 0.25) is 0 Å². The van der Waals surface area contributed by atoms with Gasteiger partial charge in [-0.3, -0.25) is 4.79 Å². The standard InChI is InChI=1S/C12H24N2O3/c1-9(2)6-5-7-10(3)13-12(17)14(4)8-11(15)16/h9-10H,5-8H2,1-4H3,(H,13,17)(H,15,16). The molecule has 2 amide bonds. The first-order chi connectivity index (χ1) is 7.82. The van der Waals surface area contributed by atoms with E-state index < -0.39 is 5.97 Å². The van der Waals surface area contributed by atoms with Crippen LogP contribution in [-0.2, 0) is 4.79 Å². The number of nitrogens with one attached hydrogen (secondary N) is 1. The third kappa shape index (κ3) is 8.54. The summed E-state index contributed by atoms with van der Waals surface area (Å²) in [5, 5.41) is 11.3. The summed E-state index contributed by atoms with van der Waals surface area (Å²) in [6.07, 6.45) is 3.14. The Bertz CT molecular complexity index is 254. The minimum atomic E-state index is -1.00. The Balaban J connectivity index is 3.82. The van der Waals surface area contributed by atoms with Gasteiger partial charge in [0.05, 0.1) is 0 Å². The number of aliphatic carboxylic acids is 1. The Hall–Kier alpha value is -1.26. The summed E-state index contributed by atoms with van der Waals surface area (Å²) in [4.78, 5) is 23.1. The fourth-order valence-electron chi connectivity index (χ4n) is 1.50. The number of carbonyl (C=O) groups excluding carboxylic acids is 1. The predicted octanol–water partition coefficient (Wildman–Crippen LogP) is 1.93. The highest BCUT2D eigenvalue weighted by molar-refractivity contribution is 5.79. The summed E-state index contributed by atoms with van der Waals surface area (Å²) >= 11 is 0. The van der Waals surface area contributed by atoms with Gasteiger partial charge in [0, 0.05) is 13.1 Å². The first kappa shape index (κ1) is 15.7. The van der Waals surface area contributed by atoms with Crippen LogP contribution in [0.1, 0.15) is 40.0 Å². The molecule has 5 heteroatoms. The lowest BCUT2D eigenvalue weighted by molar-refractivity contribution is -0.137. The first-order valence-electron chi connectivity index (χ1n) is 6.06. The maximum Gasteiger partial charge on any atom is 0.323 e. The quantitative estimate of drug-likeness (QED) is 0.719. The van der Waals surface area contributed by atoms with Gasteiger partial charge in [-0.15, -0.1) is 0 Å². The molecule has 0 spiro atoms. The summed E-state index contributed by atoms with van der Waals surface area (Å²) in [5.74, 6) is -0.331. The van der Waals surface area contributed by atoms with Crippen molar-refractivity contribution in [3.05, 3.63) is 0 Å². The van der Waals surface area contributed by atoms with E-state index in [4.69, 9.17) is 5.11 Å². The minimum Gasteiger partial charge on any atom is -0.480 e. The molecule has 0 bridgehead atoms. The van der Waals surface area contributed by atoms with E-state index in [1.165, 1.54) is 11.9 Å². The molecule has 0 aliphatic heterocycles. The zero-order chi connectivity index (χ0) is 13.4. The van der Waals surface area contributed by atoms with Crippen LogP contribution in [0.5, 0.6) is 0 Å². The normalized spacial score (nSPS) is 12.3. The van der Waals surface area contributed by atoms with Crippen LogP contribution in [-0.4, -0.2) is 41.6 Å². The van der Waals surface area contributed by atoms with Crippen molar-refractivity contribution in [3.8, 4) is 0 Å². The smallest absolute Gasteiger partial charge is 0.323 e. The average Bonchev–Trinajstić information content (AvgIpc) is 2.15. The molecule has 17 heavy (non-hydrogen) atoms. The van der Waals surface area contributed by atoms with Crippen LogP contribution in [0.4, 0.5) is 4.79 Å². The summed E-state index contributed by atoms with van der Waals surface area (Å²) in [7, 11) is 1.48. The monoisotopic (exact) mass is 244 g/mol. The van der Waals surface area contributed by atoms with Crippen molar-refractivity contribution in [2.24, 2.45) is 5.92 Å². The molecular formula is C12H24N2O3. The number of carbonyl (C=O) groups is 2. The SMILES string of the molecule is CC(C)CCCC(C)NC(=O)N(C)CC(=O)O. The number of amides is 2. The first-order valence-corrected chi connectivity index (χ1v) is 6.06. The van der Waals surface area contributed by atoms with Gasteiger partial charge in [0.15, 0.2) is 0 Å². The van der Waals surface area contributed by atoms with E-state index in [0.29, 0.717) is 5.92 Å². The Morgan fingerprint density at radius 2 is 1.82 bits per heavy atom. The van der Waals surface area contributed by atoms with Crippen molar-refractivity contribution in [3.63, 3.8) is 0 Å². The second-order valence-electron chi connectivity index (χ2n) is 4.93. The van der Waals surface area contributed by atoms with Crippen molar-refractivity contribution in [2.45, 2.75) is 46.1 Å². The van der Waals surface area contributed by atoms with Gasteiger partial charge in [0.25, 0.3) is 0 Å². The molecule has 0 aliphatic carbocycles. The third-order valence-electron chi connectivity index (χ3n) is 2.51. The highest BCUT2D eigenvalue weighted by Gasteiger charge is 2.14. The maximum atomic E-state index is 11.5. The van der Waals surface area contributed by atoms with Crippen molar-refractivity contribution in [2.75, 3.05) is 13.6 Å². The molecule has 0 aromatic rings. The topological polar surface area (TPSA) is 69.6 Å². The molecule has 1 unspecified atom stereocenters. The van der Waals surface area contributed by atoms with Gasteiger partial charge in [-0.05, 0) is 19.3 Å². The largest absolute Gasteiger partial charge is 0.480 e. The molecule has 0 fully saturated rings. The molecule has 1 atom stereocenters. The van der Waals surface area contributed by atoms with Crippen LogP contribution >= 0.6 is 0 Å².